The van der Waals surface area contributed by atoms with Crippen LogP contribution in [0.3, 0.4) is 0 Å². The molecule has 1 unspecified atom stereocenters. The Morgan fingerprint density at radius 3 is 2.55 bits per heavy atom. The maximum atomic E-state index is 9.23. The lowest BCUT2D eigenvalue weighted by atomic mass is 9.93. The van der Waals surface area contributed by atoms with Crippen molar-refractivity contribution in [2.75, 3.05) is 20.3 Å². The molecule has 0 heterocycles. The molecule has 114 valence electrons. The van der Waals surface area contributed by atoms with Gasteiger partial charge in [0.05, 0.1) is 26.9 Å². The molecular formula is C15H25NO4. The van der Waals surface area contributed by atoms with Gasteiger partial charge in [0.15, 0.2) is 11.5 Å². The van der Waals surface area contributed by atoms with E-state index in [-0.39, 0.29) is 13.2 Å². The number of hydrogen-bond acceptors (Lipinski definition) is 5. The largest absolute Gasteiger partial charge is 0.493 e. The van der Waals surface area contributed by atoms with Gasteiger partial charge in [-0.15, -0.1) is 0 Å². The first-order valence-electron chi connectivity index (χ1n) is 6.89. The molecule has 0 aliphatic heterocycles. The minimum absolute atomic E-state index is 0.0159. The van der Waals surface area contributed by atoms with Crippen molar-refractivity contribution in [3.63, 3.8) is 0 Å². The van der Waals surface area contributed by atoms with Gasteiger partial charge >= 0.3 is 0 Å². The molecule has 0 aliphatic carbocycles. The summed E-state index contributed by atoms with van der Waals surface area (Å²) in [6.07, 6.45) is 2.20. The minimum Gasteiger partial charge on any atom is -0.493 e. The standard InChI is InChI=1S/C15H25NO4/c1-3-15(16,11-18)7-4-8-20-13-6-5-12(10-17)9-14(13)19-2/h5-6,9,17-18H,3-4,7-8,10-11,16H2,1-2H3. The summed E-state index contributed by atoms with van der Waals surface area (Å²) in [5.74, 6) is 1.25. The van der Waals surface area contributed by atoms with Gasteiger partial charge in [0.2, 0.25) is 0 Å². The Kier molecular flexibility index (Phi) is 6.78. The molecular weight excluding hydrogens is 258 g/mol. The van der Waals surface area contributed by atoms with Crippen molar-refractivity contribution in [3.8, 4) is 11.5 Å². The Bertz CT molecular complexity index is 405. The topological polar surface area (TPSA) is 84.9 Å². The molecule has 0 radical (unpaired) electrons. The third-order valence-corrected chi connectivity index (χ3v) is 3.51. The third kappa shape index (κ3) is 4.67. The Morgan fingerprint density at radius 2 is 2.00 bits per heavy atom. The first-order chi connectivity index (χ1) is 9.58. The van der Waals surface area contributed by atoms with Crippen LogP contribution >= 0.6 is 0 Å². The lowest BCUT2D eigenvalue weighted by Crippen LogP contribution is -2.43. The van der Waals surface area contributed by atoms with Gasteiger partial charge < -0.3 is 25.4 Å². The summed E-state index contributed by atoms with van der Waals surface area (Å²) in [6.45, 7) is 2.43. The number of hydrogen-bond donors (Lipinski definition) is 3. The molecule has 0 aliphatic rings. The Hall–Kier alpha value is -1.30. The van der Waals surface area contributed by atoms with Crippen molar-refractivity contribution in [3.05, 3.63) is 23.8 Å². The van der Waals surface area contributed by atoms with Crippen molar-refractivity contribution in [2.45, 2.75) is 38.3 Å². The molecule has 0 saturated carbocycles. The summed E-state index contributed by atoms with van der Waals surface area (Å²) in [5, 5.41) is 18.3. The normalized spacial score (nSPS) is 13.8. The molecule has 0 saturated heterocycles. The zero-order valence-electron chi connectivity index (χ0n) is 12.3. The number of benzene rings is 1. The summed E-state index contributed by atoms with van der Waals surface area (Å²) in [7, 11) is 1.57. The van der Waals surface area contributed by atoms with Gasteiger partial charge in [-0.2, -0.15) is 0 Å². The summed E-state index contributed by atoms with van der Waals surface area (Å²) in [5.41, 5.74) is 6.27. The number of rotatable bonds is 9. The van der Waals surface area contributed by atoms with Gasteiger partial charge in [0.25, 0.3) is 0 Å². The first kappa shape index (κ1) is 16.8. The number of aliphatic hydroxyl groups is 2. The average molecular weight is 283 g/mol. The molecule has 1 rings (SSSR count). The van der Waals surface area contributed by atoms with Crippen LogP contribution in [-0.2, 0) is 6.61 Å². The van der Waals surface area contributed by atoms with Gasteiger partial charge in [-0.1, -0.05) is 13.0 Å². The lowest BCUT2D eigenvalue weighted by Gasteiger charge is -2.25. The van der Waals surface area contributed by atoms with Crippen molar-refractivity contribution < 1.29 is 19.7 Å². The maximum Gasteiger partial charge on any atom is 0.161 e. The quantitative estimate of drug-likeness (QED) is 0.597. The van der Waals surface area contributed by atoms with E-state index in [1.165, 1.54) is 0 Å². The van der Waals surface area contributed by atoms with E-state index in [0.29, 0.717) is 24.5 Å². The van der Waals surface area contributed by atoms with Gasteiger partial charge in [-0.05, 0) is 37.0 Å². The molecule has 0 bridgehead atoms. The van der Waals surface area contributed by atoms with Gasteiger partial charge in [0.1, 0.15) is 0 Å². The summed E-state index contributed by atoms with van der Waals surface area (Å²) in [6, 6.07) is 5.33. The Balaban J connectivity index is 2.50. The van der Waals surface area contributed by atoms with Gasteiger partial charge in [-0.3, -0.25) is 0 Å². The fourth-order valence-corrected chi connectivity index (χ4v) is 1.90. The summed E-state index contributed by atoms with van der Waals surface area (Å²) in [4.78, 5) is 0. The molecule has 0 spiro atoms. The number of aliphatic hydroxyl groups excluding tert-OH is 2. The summed E-state index contributed by atoms with van der Waals surface area (Å²) >= 11 is 0. The third-order valence-electron chi connectivity index (χ3n) is 3.51. The van der Waals surface area contributed by atoms with Crippen LogP contribution in [0.15, 0.2) is 18.2 Å². The fraction of sp³-hybridized carbons (Fsp3) is 0.600. The number of methoxy groups -OCH3 is 1. The van der Waals surface area contributed by atoms with E-state index in [2.05, 4.69) is 0 Å². The fourth-order valence-electron chi connectivity index (χ4n) is 1.90. The predicted octanol–water partition coefficient (Wildman–Crippen LogP) is 1.45. The maximum absolute atomic E-state index is 9.23. The van der Waals surface area contributed by atoms with Crippen LogP contribution in [-0.4, -0.2) is 36.1 Å². The molecule has 20 heavy (non-hydrogen) atoms. The zero-order valence-corrected chi connectivity index (χ0v) is 12.3. The second kappa shape index (κ2) is 8.09. The second-order valence-corrected chi connectivity index (χ2v) is 4.97. The molecule has 4 N–H and O–H groups in total. The highest BCUT2D eigenvalue weighted by Gasteiger charge is 2.20. The molecule has 0 aromatic heterocycles. The monoisotopic (exact) mass is 283 g/mol. The molecule has 5 heteroatoms. The molecule has 1 aromatic carbocycles. The van der Waals surface area contributed by atoms with Crippen molar-refractivity contribution in [2.24, 2.45) is 5.73 Å². The van der Waals surface area contributed by atoms with Crippen LogP contribution in [0, 0.1) is 0 Å². The lowest BCUT2D eigenvalue weighted by molar-refractivity contribution is 0.171. The van der Waals surface area contributed by atoms with E-state index in [0.717, 1.165) is 18.4 Å². The van der Waals surface area contributed by atoms with Crippen LogP contribution in [0.1, 0.15) is 31.7 Å². The van der Waals surface area contributed by atoms with E-state index in [4.69, 9.17) is 20.3 Å². The minimum atomic E-state index is -0.520. The van der Waals surface area contributed by atoms with Crippen LogP contribution in [0.4, 0.5) is 0 Å². The second-order valence-electron chi connectivity index (χ2n) is 4.97. The van der Waals surface area contributed by atoms with Crippen LogP contribution in [0.5, 0.6) is 11.5 Å². The van der Waals surface area contributed by atoms with Crippen LogP contribution < -0.4 is 15.2 Å². The van der Waals surface area contributed by atoms with E-state index in [1.807, 2.05) is 6.92 Å². The predicted molar refractivity (Wildman–Crippen MR) is 77.9 cm³/mol. The van der Waals surface area contributed by atoms with Crippen LogP contribution in [0.2, 0.25) is 0 Å². The highest BCUT2D eigenvalue weighted by atomic mass is 16.5. The first-order valence-corrected chi connectivity index (χ1v) is 6.89. The van der Waals surface area contributed by atoms with Gasteiger partial charge in [0, 0.05) is 5.54 Å². The van der Waals surface area contributed by atoms with E-state index in [9.17, 15) is 5.11 Å². The summed E-state index contributed by atoms with van der Waals surface area (Å²) < 4.78 is 10.9. The zero-order chi connectivity index (χ0) is 15.0. The van der Waals surface area contributed by atoms with E-state index in [1.54, 1.807) is 25.3 Å². The Labute approximate surface area is 120 Å². The highest BCUT2D eigenvalue weighted by molar-refractivity contribution is 5.42. The molecule has 5 nitrogen and oxygen atoms in total. The van der Waals surface area contributed by atoms with Gasteiger partial charge in [-0.25, -0.2) is 0 Å². The van der Waals surface area contributed by atoms with Crippen molar-refractivity contribution in [1.29, 1.82) is 0 Å². The average Bonchev–Trinajstić information content (AvgIpc) is 2.51. The Morgan fingerprint density at radius 1 is 1.25 bits per heavy atom. The smallest absolute Gasteiger partial charge is 0.161 e. The van der Waals surface area contributed by atoms with E-state index < -0.39 is 5.54 Å². The molecule has 1 atom stereocenters. The van der Waals surface area contributed by atoms with Crippen molar-refractivity contribution >= 4 is 0 Å². The highest BCUT2D eigenvalue weighted by Crippen LogP contribution is 2.28. The number of ether oxygens (including phenoxy) is 2. The van der Waals surface area contributed by atoms with Crippen molar-refractivity contribution in [1.82, 2.24) is 0 Å². The molecule has 1 aromatic rings. The molecule has 0 fully saturated rings. The van der Waals surface area contributed by atoms with Crippen LogP contribution in [0.25, 0.3) is 0 Å². The van der Waals surface area contributed by atoms with E-state index >= 15 is 0 Å². The SMILES string of the molecule is CCC(N)(CO)CCCOc1ccc(CO)cc1OC. The number of nitrogens with two attached hydrogens (primary N) is 1. The molecule has 0 amide bonds.